The van der Waals surface area contributed by atoms with E-state index < -0.39 is 0 Å². The van der Waals surface area contributed by atoms with Gasteiger partial charge in [0.05, 0.1) is 24.2 Å². The molecule has 0 spiro atoms. The number of nitrogens with zero attached hydrogens (tertiary/aromatic N) is 2. The minimum absolute atomic E-state index is 0.140. The van der Waals surface area contributed by atoms with Gasteiger partial charge in [0.25, 0.3) is 5.56 Å². The van der Waals surface area contributed by atoms with Crippen LogP contribution in [0.25, 0.3) is 5.69 Å². The number of ether oxygens (including phenoxy) is 1. The van der Waals surface area contributed by atoms with Gasteiger partial charge in [0.1, 0.15) is 10.8 Å². The van der Waals surface area contributed by atoms with E-state index in [1.54, 1.807) is 6.20 Å². The van der Waals surface area contributed by atoms with Gasteiger partial charge in [-0.2, -0.15) is 9.78 Å². The van der Waals surface area contributed by atoms with Gasteiger partial charge >= 0.3 is 0 Å². The highest BCUT2D eigenvalue weighted by Crippen LogP contribution is 2.27. The third-order valence-electron chi connectivity index (χ3n) is 4.46. The summed E-state index contributed by atoms with van der Waals surface area (Å²) in [6, 6.07) is 17.3. The Labute approximate surface area is 156 Å². The van der Waals surface area contributed by atoms with Crippen LogP contribution < -0.4 is 15.6 Å². The standard InChI is InChI=1S/C20H18ClN3O2/c21-19-17(12-23-24(20(19)25)16-7-2-1-3-8-16)22-11-14-10-15-6-4-5-9-18(15)26-13-14/h1-9,12,14,22H,10-11,13H2/t14-/m0/s1. The molecule has 1 aliphatic rings. The molecular weight excluding hydrogens is 350 g/mol. The molecule has 1 aliphatic heterocycles. The number of benzene rings is 2. The summed E-state index contributed by atoms with van der Waals surface area (Å²) in [4.78, 5) is 12.5. The van der Waals surface area contributed by atoms with Crippen LogP contribution in [0.3, 0.4) is 0 Å². The first kappa shape index (κ1) is 16.7. The second-order valence-electron chi connectivity index (χ2n) is 6.29. The topological polar surface area (TPSA) is 56.1 Å². The van der Waals surface area contributed by atoms with Crippen molar-refractivity contribution in [3.8, 4) is 11.4 Å². The van der Waals surface area contributed by atoms with E-state index in [0.29, 0.717) is 30.4 Å². The lowest BCUT2D eigenvalue weighted by Gasteiger charge is -2.25. The van der Waals surface area contributed by atoms with Crippen molar-refractivity contribution in [2.24, 2.45) is 5.92 Å². The predicted molar refractivity (Wildman–Crippen MR) is 102 cm³/mol. The number of hydrogen-bond donors (Lipinski definition) is 1. The number of hydrogen-bond acceptors (Lipinski definition) is 4. The summed E-state index contributed by atoms with van der Waals surface area (Å²) in [5.74, 6) is 1.26. The summed E-state index contributed by atoms with van der Waals surface area (Å²) in [6.07, 6.45) is 2.52. The molecule has 0 aliphatic carbocycles. The highest BCUT2D eigenvalue weighted by atomic mass is 35.5. The highest BCUT2D eigenvalue weighted by Gasteiger charge is 2.20. The Bertz CT molecular complexity index is 972. The summed E-state index contributed by atoms with van der Waals surface area (Å²) in [5, 5.41) is 7.62. The number of aromatic nitrogens is 2. The van der Waals surface area contributed by atoms with Crippen LogP contribution in [0.2, 0.25) is 5.02 Å². The van der Waals surface area contributed by atoms with Crippen LogP contribution in [0.5, 0.6) is 5.75 Å². The molecule has 0 radical (unpaired) electrons. The van der Waals surface area contributed by atoms with Crippen molar-refractivity contribution in [2.75, 3.05) is 18.5 Å². The zero-order chi connectivity index (χ0) is 17.9. The zero-order valence-corrected chi connectivity index (χ0v) is 14.8. The number of fused-ring (bicyclic) bond motifs is 1. The van der Waals surface area contributed by atoms with E-state index in [-0.39, 0.29) is 10.6 Å². The molecule has 0 fully saturated rings. The zero-order valence-electron chi connectivity index (χ0n) is 14.1. The molecule has 0 saturated carbocycles. The summed E-state index contributed by atoms with van der Waals surface area (Å²) in [6.45, 7) is 1.29. The fourth-order valence-corrected chi connectivity index (χ4v) is 3.28. The van der Waals surface area contributed by atoms with Crippen LogP contribution in [0.15, 0.2) is 65.6 Å². The second kappa shape index (κ2) is 7.22. The number of nitrogens with one attached hydrogen (secondary N) is 1. The van der Waals surface area contributed by atoms with E-state index in [9.17, 15) is 4.79 Å². The number of para-hydroxylation sites is 2. The van der Waals surface area contributed by atoms with Gasteiger partial charge in [-0.15, -0.1) is 0 Å². The molecule has 0 bridgehead atoms. The van der Waals surface area contributed by atoms with E-state index in [1.165, 1.54) is 10.2 Å². The van der Waals surface area contributed by atoms with Gasteiger partial charge in [-0.1, -0.05) is 48.0 Å². The van der Waals surface area contributed by atoms with Gasteiger partial charge < -0.3 is 10.1 Å². The van der Waals surface area contributed by atoms with Crippen molar-refractivity contribution in [2.45, 2.75) is 6.42 Å². The molecule has 6 heteroatoms. The lowest BCUT2D eigenvalue weighted by Crippen LogP contribution is -2.28. The second-order valence-corrected chi connectivity index (χ2v) is 6.67. The Morgan fingerprint density at radius 3 is 2.77 bits per heavy atom. The van der Waals surface area contributed by atoms with Crippen molar-refractivity contribution in [3.63, 3.8) is 0 Å². The minimum atomic E-state index is -0.340. The molecule has 26 heavy (non-hydrogen) atoms. The third kappa shape index (κ3) is 3.30. The maximum Gasteiger partial charge on any atom is 0.292 e. The van der Waals surface area contributed by atoms with Crippen molar-refractivity contribution >= 4 is 17.3 Å². The molecule has 5 nitrogen and oxygen atoms in total. The lowest BCUT2D eigenvalue weighted by molar-refractivity contribution is 0.229. The SMILES string of the molecule is O=c1c(Cl)c(NC[C@H]2COc3ccccc3C2)cnn1-c1ccccc1. The van der Waals surface area contributed by atoms with Crippen molar-refractivity contribution in [1.29, 1.82) is 0 Å². The lowest BCUT2D eigenvalue weighted by atomic mass is 9.97. The molecule has 0 amide bonds. The third-order valence-corrected chi connectivity index (χ3v) is 4.82. The first-order valence-electron chi connectivity index (χ1n) is 8.50. The molecule has 1 aromatic heterocycles. The quantitative estimate of drug-likeness (QED) is 0.766. The van der Waals surface area contributed by atoms with Crippen LogP contribution >= 0.6 is 11.6 Å². The highest BCUT2D eigenvalue weighted by molar-refractivity contribution is 6.32. The van der Waals surface area contributed by atoms with Gasteiger partial charge in [-0.25, -0.2) is 0 Å². The fraction of sp³-hybridized carbons (Fsp3) is 0.200. The minimum Gasteiger partial charge on any atom is -0.493 e. The van der Waals surface area contributed by atoms with Crippen LogP contribution in [0, 0.1) is 5.92 Å². The van der Waals surface area contributed by atoms with Crippen LogP contribution in [-0.4, -0.2) is 22.9 Å². The Morgan fingerprint density at radius 2 is 1.92 bits per heavy atom. The molecule has 2 heterocycles. The van der Waals surface area contributed by atoms with Crippen molar-refractivity contribution in [3.05, 3.63) is 81.7 Å². The molecule has 0 unspecified atom stereocenters. The molecule has 4 rings (SSSR count). The van der Waals surface area contributed by atoms with Crippen molar-refractivity contribution < 1.29 is 4.74 Å². The Hall–Kier alpha value is -2.79. The molecule has 0 saturated heterocycles. The molecule has 2 aromatic carbocycles. The molecular formula is C20H18ClN3O2. The number of rotatable bonds is 4. The van der Waals surface area contributed by atoms with Crippen LogP contribution in [-0.2, 0) is 6.42 Å². The maximum absolute atomic E-state index is 12.5. The van der Waals surface area contributed by atoms with Crippen LogP contribution in [0.4, 0.5) is 5.69 Å². The van der Waals surface area contributed by atoms with Gasteiger partial charge in [0, 0.05) is 12.5 Å². The molecule has 1 atom stereocenters. The smallest absolute Gasteiger partial charge is 0.292 e. The fourth-order valence-electron chi connectivity index (χ4n) is 3.09. The number of anilines is 1. The predicted octanol–water partition coefficient (Wildman–Crippen LogP) is 3.55. The Morgan fingerprint density at radius 1 is 1.15 bits per heavy atom. The Kier molecular flexibility index (Phi) is 4.63. The van der Waals surface area contributed by atoms with Crippen LogP contribution in [0.1, 0.15) is 5.56 Å². The summed E-state index contributed by atoms with van der Waals surface area (Å²) in [5.41, 5.74) is 2.09. The maximum atomic E-state index is 12.5. The summed E-state index contributed by atoms with van der Waals surface area (Å²) < 4.78 is 7.10. The van der Waals surface area contributed by atoms with E-state index in [4.69, 9.17) is 16.3 Å². The molecule has 3 aromatic rings. The monoisotopic (exact) mass is 367 g/mol. The number of halogens is 1. The molecule has 132 valence electrons. The Balaban J connectivity index is 1.48. The van der Waals surface area contributed by atoms with E-state index in [1.807, 2.05) is 48.5 Å². The summed E-state index contributed by atoms with van der Waals surface area (Å²) in [7, 11) is 0. The normalized spacial score (nSPS) is 15.8. The van der Waals surface area contributed by atoms with E-state index in [0.717, 1.165) is 12.2 Å². The summed E-state index contributed by atoms with van der Waals surface area (Å²) >= 11 is 6.28. The first-order chi connectivity index (χ1) is 12.7. The van der Waals surface area contributed by atoms with Gasteiger partial charge in [0.15, 0.2) is 0 Å². The van der Waals surface area contributed by atoms with Gasteiger partial charge in [-0.3, -0.25) is 4.79 Å². The first-order valence-corrected chi connectivity index (χ1v) is 8.88. The largest absolute Gasteiger partial charge is 0.493 e. The van der Waals surface area contributed by atoms with Gasteiger partial charge in [-0.05, 0) is 30.2 Å². The van der Waals surface area contributed by atoms with E-state index >= 15 is 0 Å². The van der Waals surface area contributed by atoms with Crippen molar-refractivity contribution in [1.82, 2.24) is 9.78 Å². The van der Waals surface area contributed by atoms with Gasteiger partial charge in [0.2, 0.25) is 0 Å². The average Bonchev–Trinajstić information content (AvgIpc) is 2.69. The average molecular weight is 368 g/mol. The van der Waals surface area contributed by atoms with E-state index in [2.05, 4.69) is 16.5 Å². The molecule has 1 N–H and O–H groups in total.